The molecule has 1 aliphatic rings. The fourth-order valence-electron chi connectivity index (χ4n) is 6.52. The minimum Gasteiger partial charge on any atom is -0.467 e. The molecular weight excluding hydrogens is 604 g/mol. The number of para-hydroxylation sites is 2. The van der Waals surface area contributed by atoms with Gasteiger partial charge in [0.15, 0.2) is 6.04 Å². The maximum absolute atomic E-state index is 13.6. The molecule has 4 aromatic carbocycles. The lowest BCUT2D eigenvalue weighted by Gasteiger charge is -2.19. The van der Waals surface area contributed by atoms with E-state index in [1.54, 1.807) is 0 Å². The first-order chi connectivity index (χ1) is 23.4. The van der Waals surface area contributed by atoms with Gasteiger partial charge in [-0.05, 0) is 51.9 Å². The van der Waals surface area contributed by atoms with Gasteiger partial charge in [0, 0.05) is 29.4 Å². The summed E-state index contributed by atoms with van der Waals surface area (Å²) in [5.74, 6) is -0.465. The quantitative estimate of drug-likeness (QED) is 0.161. The summed E-state index contributed by atoms with van der Waals surface area (Å²) in [4.78, 5) is 39.2. The zero-order chi connectivity index (χ0) is 33.2. The van der Waals surface area contributed by atoms with Gasteiger partial charge in [-0.3, -0.25) is 0 Å². The van der Waals surface area contributed by atoms with Crippen molar-refractivity contribution in [2.75, 3.05) is 13.7 Å². The molecule has 242 valence electrons. The van der Waals surface area contributed by atoms with E-state index < -0.39 is 24.1 Å². The molecule has 2 atom stereocenters. The Balaban J connectivity index is 1.24. The fraction of sp³-hybridized carbons (Fsp3) is 0.231. The number of methoxy groups -OCH3 is 1. The number of fused-ring (bicyclic) bond motifs is 5. The fourth-order valence-corrected chi connectivity index (χ4v) is 6.52. The van der Waals surface area contributed by atoms with Gasteiger partial charge < -0.3 is 24.2 Å². The number of ether oxygens (including phenoxy) is 2. The van der Waals surface area contributed by atoms with Gasteiger partial charge in [0.2, 0.25) is 11.4 Å². The lowest BCUT2D eigenvalue weighted by molar-refractivity contribution is -0.143. The van der Waals surface area contributed by atoms with Gasteiger partial charge in [-0.25, -0.2) is 19.6 Å². The molecular formula is C39H36N4O5. The normalized spacial score (nSPS) is 14.1. The number of benzene rings is 4. The average molecular weight is 641 g/mol. The van der Waals surface area contributed by atoms with E-state index in [9.17, 15) is 9.59 Å². The SMILES string of the molecule is COC(=O)[C@H](N=c1oc([C@H](Cc2c[nH]c3ccccc23)NC(=O)OCC2c3ccccc3-c3ccccc32)nc2ccccc12)C(C)C. The van der Waals surface area contributed by atoms with Crippen molar-refractivity contribution in [3.8, 4) is 11.1 Å². The van der Waals surface area contributed by atoms with E-state index in [0.717, 1.165) is 38.7 Å². The molecule has 0 unspecified atom stereocenters. The number of aromatic nitrogens is 2. The van der Waals surface area contributed by atoms with E-state index in [1.165, 1.54) is 7.11 Å². The van der Waals surface area contributed by atoms with Crippen molar-refractivity contribution in [2.24, 2.45) is 10.9 Å². The van der Waals surface area contributed by atoms with Crippen LogP contribution in [0.3, 0.4) is 0 Å². The van der Waals surface area contributed by atoms with Crippen molar-refractivity contribution in [1.29, 1.82) is 0 Å². The highest BCUT2D eigenvalue weighted by Crippen LogP contribution is 2.44. The van der Waals surface area contributed by atoms with E-state index in [4.69, 9.17) is 23.9 Å². The number of carbonyl (C=O) groups is 2. The van der Waals surface area contributed by atoms with Gasteiger partial charge in [-0.1, -0.05) is 92.7 Å². The number of hydrogen-bond donors (Lipinski definition) is 2. The number of H-pyrrole nitrogens is 1. The summed E-state index contributed by atoms with van der Waals surface area (Å²) >= 11 is 0. The number of alkyl carbamates (subject to hydrolysis) is 1. The summed E-state index contributed by atoms with van der Waals surface area (Å²) < 4.78 is 17.4. The predicted molar refractivity (Wildman–Crippen MR) is 183 cm³/mol. The van der Waals surface area contributed by atoms with Crippen molar-refractivity contribution in [3.63, 3.8) is 0 Å². The third-order valence-corrected chi connectivity index (χ3v) is 8.93. The number of nitrogens with one attached hydrogen (secondary N) is 2. The van der Waals surface area contributed by atoms with Crippen molar-refractivity contribution in [3.05, 3.63) is 131 Å². The second-order valence-electron chi connectivity index (χ2n) is 12.3. The number of rotatable bonds is 9. The smallest absolute Gasteiger partial charge is 0.407 e. The first-order valence-corrected chi connectivity index (χ1v) is 16.1. The number of aromatic amines is 1. The highest BCUT2D eigenvalue weighted by molar-refractivity contribution is 5.83. The van der Waals surface area contributed by atoms with Crippen molar-refractivity contribution in [1.82, 2.24) is 15.3 Å². The van der Waals surface area contributed by atoms with Crippen molar-refractivity contribution in [2.45, 2.75) is 38.3 Å². The standard InChI is InChI=1S/C39H36N4O5/c1-23(2)35(38(44)46-3)43-36-30-17-9-11-19-33(30)41-37(48-36)34(20-24-21-40-32-18-10-8-12-25(24)32)42-39(45)47-22-31-28-15-6-4-13-26(28)27-14-5-7-16-29(27)31/h4-19,21,23,31,34-35,40H,20,22H2,1-3H3,(H,42,45)/t34-,35+/m0/s1. The Hall–Kier alpha value is -5.70. The molecule has 2 aromatic heterocycles. The van der Waals surface area contributed by atoms with Crippen LogP contribution < -0.4 is 10.9 Å². The van der Waals surface area contributed by atoms with Crippen LogP contribution in [-0.4, -0.2) is 41.8 Å². The predicted octanol–water partition coefficient (Wildman–Crippen LogP) is 7.23. The maximum atomic E-state index is 13.6. The molecule has 9 nitrogen and oxygen atoms in total. The highest BCUT2D eigenvalue weighted by Gasteiger charge is 2.30. The van der Waals surface area contributed by atoms with Crippen LogP contribution in [0.4, 0.5) is 4.79 Å². The summed E-state index contributed by atoms with van der Waals surface area (Å²) in [7, 11) is 1.34. The van der Waals surface area contributed by atoms with E-state index >= 15 is 0 Å². The summed E-state index contributed by atoms with van der Waals surface area (Å²) in [6, 6.07) is 30.3. The minimum atomic E-state index is -0.792. The number of amides is 1. The summed E-state index contributed by atoms with van der Waals surface area (Å²) in [6.45, 7) is 3.96. The lowest BCUT2D eigenvalue weighted by Crippen LogP contribution is -2.33. The highest BCUT2D eigenvalue weighted by atomic mass is 16.5. The van der Waals surface area contributed by atoms with Crippen LogP contribution in [0.1, 0.15) is 48.4 Å². The third-order valence-electron chi connectivity index (χ3n) is 8.93. The Labute approximate surface area is 277 Å². The van der Waals surface area contributed by atoms with Crippen LogP contribution in [0.15, 0.2) is 113 Å². The van der Waals surface area contributed by atoms with Crippen LogP contribution in [0.25, 0.3) is 32.9 Å². The molecule has 0 bridgehead atoms. The topological polar surface area (TPSA) is 119 Å². The second-order valence-corrected chi connectivity index (χ2v) is 12.3. The first kappa shape index (κ1) is 30.9. The number of carbonyl (C=O) groups excluding carboxylic acids is 2. The molecule has 9 heteroatoms. The molecule has 2 heterocycles. The third kappa shape index (κ3) is 5.95. The molecule has 1 amide bonds. The zero-order valence-corrected chi connectivity index (χ0v) is 27.0. The molecule has 1 aliphatic carbocycles. The van der Waals surface area contributed by atoms with Gasteiger partial charge in [0.1, 0.15) is 12.6 Å². The lowest BCUT2D eigenvalue weighted by atomic mass is 9.98. The Morgan fingerprint density at radius 3 is 2.25 bits per heavy atom. The number of nitrogens with zero attached hydrogens (tertiary/aromatic N) is 2. The van der Waals surface area contributed by atoms with Crippen LogP contribution in [0, 0.1) is 5.92 Å². The van der Waals surface area contributed by atoms with Gasteiger partial charge in [0.05, 0.1) is 18.0 Å². The monoisotopic (exact) mass is 640 g/mol. The van der Waals surface area contributed by atoms with Gasteiger partial charge in [-0.15, -0.1) is 0 Å². The van der Waals surface area contributed by atoms with Crippen molar-refractivity contribution < 1.29 is 23.5 Å². The second kappa shape index (κ2) is 13.2. The molecule has 48 heavy (non-hydrogen) atoms. The molecule has 0 saturated carbocycles. The molecule has 0 saturated heterocycles. The molecule has 0 radical (unpaired) electrons. The zero-order valence-electron chi connectivity index (χ0n) is 27.0. The Morgan fingerprint density at radius 1 is 0.896 bits per heavy atom. The molecule has 7 rings (SSSR count). The van der Waals surface area contributed by atoms with E-state index in [1.807, 2.05) is 92.8 Å². The van der Waals surface area contributed by atoms with E-state index in [2.05, 4.69) is 34.6 Å². The van der Waals surface area contributed by atoms with E-state index in [0.29, 0.717) is 17.3 Å². The van der Waals surface area contributed by atoms with Crippen molar-refractivity contribution >= 4 is 33.9 Å². The minimum absolute atomic E-state index is 0.0876. The van der Waals surface area contributed by atoms with Gasteiger partial charge in [0.25, 0.3) is 0 Å². The Kier molecular flexibility index (Phi) is 8.50. The van der Waals surface area contributed by atoms with Gasteiger partial charge >= 0.3 is 12.1 Å². The molecule has 0 aliphatic heterocycles. The average Bonchev–Trinajstić information content (AvgIpc) is 3.67. The maximum Gasteiger partial charge on any atom is 0.407 e. The molecule has 6 aromatic rings. The first-order valence-electron chi connectivity index (χ1n) is 16.1. The summed E-state index contributed by atoms with van der Waals surface area (Å²) in [5.41, 5.74) is 7.36. The van der Waals surface area contributed by atoms with E-state index in [-0.39, 0.29) is 29.9 Å². The van der Waals surface area contributed by atoms with Crippen LogP contribution in [0.5, 0.6) is 0 Å². The summed E-state index contributed by atoms with van der Waals surface area (Å²) in [5, 5.41) is 4.71. The Bertz CT molecular complexity index is 2150. The largest absolute Gasteiger partial charge is 0.467 e. The van der Waals surface area contributed by atoms with Crippen LogP contribution in [0.2, 0.25) is 0 Å². The molecule has 0 fully saturated rings. The number of hydrogen-bond acceptors (Lipinski definition) is 7. The number of esters is 1. The van der Waals surface area contributed by atoms with Crippen LogP contribution in [-0.2, 0) is 20.7 Å². The van der Waals surface area contributed by atoms with Gasteiger partial charge in [-0.2, -0.15) is 0 Å². The summed E-state index contributed by atoms with van der Waals surface area (Å²) in [6.07, 6.45) is 1.68. The molecule has 2 N–H and O–H groups in total. The van der Waals surface area contributed by atoms with Crippen LogP contribution >= 0.6 is 0 Å². The molecule has 0 spiro atoms. The Morgan fingerprint density at radius 2 is 1.54 bits per heavy atom.